The predicted octanol–water partition coefficient (Wildman–Crippen LogP) is 3.27. The van der Waals surface area contributed by atoms with Crippen molar-refractivity contribution in [1.82, 2.24) is 5.48 Å². The first-order valence-corrected chi connectivity index (χ1v) is 7.34. The summed E-state index contributed by atoms with van der Waals surface area (Å²) in [6, 6.07) is 16.3. The van der Waals surface area contributed by atoms with Gasteiger partial charge in [0.1, 0.15) is 0 Å². The van der Waals surface area contributed by atoms with Crippen LogP contribution in [0.25, 0.3) is 10.8 Å². The van der Waals surface area contributed by atoms with E-state index < -0.39 is 5.91 Å². The summed E-state index contributed by atoms with van der Waals surface area (Å²) < 4.78 is 0. The van der Waals surface area contributed by atoms with Crippen molar-refractivity contribution in [3.05, 3.63) is 65.0 Å². The first-order valence-electron chi connectivity index (χ1n) is 6.52. The monoisotopic (exact) mass is 312 g/mol. The van der Waals surface area contributed by atoms with Crippen molar-refractivity contribution in [2.24, 2.45) is 0 Å². The maximum Gasteiger partial charge on any atom is 0.284 e. The van der Waals surface area contributed by atoms with Crippen LogP contribution in [-0.4, -0.2) is 17.0 Å². The molecule has 2 amide bonds. The summed E-state index contributed by atoms with van der Waals surface area (Å²) in [5.74, 6) is -0.842. The van der Waals surface area contributed by atoms with Crippen LogP contribution in [0, 0.1) is 0 Å². The number of fused-ring (bicyclic) bond motifs is 1. The molecule has 0 bridgehead atoms. The number of hydrogen-bond donors (Lipinski definition) is 3. The number of carbonyl (C=O) groups is 2. The highest BCUT2D eigenvalue weighted by atomic mass is 32.1. The molecule has 3 rings (SSSR count). The molecule has 1 heterocycles. The van der Waals surface area contributed by atoms with Crippen LogP contribution in [0.5, 0.6) is 0 Å². The van der Waals surface area contributed by atoms with Crippen LogP contribution < -0.4 is 10.8 Å². The fourth-order valence-electron chi connectivity index (χ4n) is 2.18. The van der Waals surface area contributed by atoms with Gasteiger partial charge < -0.3 is 5.32 Å². The lowest BCUT2D eigenvalue weighted by atomic mass is 10.0. The summed E-state index contributed by atoms with van der Waals surface area (Å²) in [7, 11) is 0. The molecule has 0 saturated carbocycles. The van der Waals surface area contributed by atoms with E-state index in [9.17, 15) is 9.59 Å². The van der Waals surface area contributed by atoms with Crippen molar-refractivity contribution in [1.29, 1.82) is 0 Å². The fraction of sp³-hybridized carbons (Fsp3) is 0. The van der Waals surface area contributed by atoms with Crippen LogP contribution >= 0.6 is 11.3 Å². The van der Waals surface area contributed by atoms with Gasteiger partial charge in [-0.1, -0.05) is 36.4 Å². The molecule has 0 saturated heterocycles. The van der Waals surface area contributed by atoms with E-state index in [1.54, 1.807) is 17.6 Å². The molecule has 110 valence electrons. The molecule has 3 N–H and O–H groups in total. The average Bonchev–Trinajstić information content (AvgIpc) is 3.02. The third-order valence-corrected chi connectivity index (χ3v) is 4.20. The number of hydrogen-bond acceptors (Lipinski definition) is 4. The van der Waals surface area contributed by atoms with Gasteiger partial charge in [-0.3, -0.25) is 14.8 Å². The Balaban J connectivity index is 1.87. The fourth-order valence-corrected chi connectivity index (χ4v) is 2.98. The van der Waals surface area contributed by atoms with Crippen molar-refractivity contribution < 1.29 is 14.8 Å². The molecular weight excluding hydrogens is 300 g/mol. The first kappa shape index (κ1) is 14.2. The zero-order valence-corrected chi connectivity index (χ0v) is 12.2. The second kappa shape index (κ2) is 5.97. The van der Waals surface area contributed by atoms with Gasteiger partial charge in [-0.25, -0.2) is 5.48 Å². The Morgan fingerprint density at radius 1 is 0.909 bits per heavy atom. The number of anilines is 1. The zero-order valence-electron chi connectivity index (χ0n) is 11.4. The minimum atomic E-state index is -0.601. The molecule has 0 fully saturated rings. The minimum Gasteiger partial charge on any atom is -0.314 e. The maximum absolute atomic E-state index is 12.4. The smallest absolute Gasteiger partial charge is 0.284 e. The average molecular weight is 312 g/mol. The topological polar surface area (TPSA) is 78.4 Å². The molecule has 0 aliphatic carbocycles. The summed E-state index contributed by atoms with van der Waals surface area (Å²) in [4.78, 5) is 24.0. The van der Waals surface area contributed by atoms with Crippen LogP contribution in [0.15, 0.2) is 54.6 Å². The molecule has 2 aromatic carbocycles. The second-order valence-electron chi connectivity index (χ2n) is 4.59. The Hall–Kier alpha value is -2.70. The van der Waals surface area contributed by atoms with Crippen molar-refractivity contribution >= 4 is 38.9 Å². The largest absolute Gasteiger partial charge is 0.314 e. The van der Waals surface area contributed by atoms with Crippen molar-refractivity contribution in [3.8, 4) is 0 Å². The lowest BCUT2D eigenvalue weighted by Crippen LogP contribution is -2.16. The zero-order chi connectivity index (χ0) is 15.5. The number of rotatable bonds is 3. The van der Waals surface area contributed by atoms with Crippen molar-refractivity contribution in [2.45, 2.75) is 0 Å². The summed E-state index contributed by atoms with van der Waals surface area (Å²) >= 11 is 1.09. The highest BCUT2D eigenvalue weighted by Crippen LogP contribution is 2.24. The van der Waals surface area contributed by atoms with Gasteiger partial charge in [0, 0.05) is 5.56 Å². The Bertz CT molecular complexity index is 852. The normalized spacial score (nSPS) is 10.4. The summed E-state index contributed by atoms with van der Waals surface area (Å²) in [6.07, 6.45) is 0. The van der Waals surface area contributed by atoms with Gasteiger partial charge >= 0.3 is 0 Å². The number of amides is 2. The molecule has 6 heteroatoms. The predicted molar refractivity (Wildman–Crippen MR) is 85.5 cm³/mol. The molecule has 5 nitrogen and oxygen atoms in total. The van der Waals surface area contributed by atoms with E-state index >= 15 is 0 Å². The van der Waals surface area contributed by atoms with Gasteiger partial charge in [0.15, 0.2) is 0 Å². The lowest BCUT2D eigenvalue weighted by Gasteiger charge is -2.06. The van der Waals surface area contributed by atoms with Crippen LogP contribution in [0.4, 0.5) is 5.00 Å². The van der Waals surface area contributed by atoms with Gasteiger partial charge in [-0.05, 0) is 29.0 Å². The van der Waals surface area contributed by atoms with E-state index in [-0.39, 0.29) is 5.91 Å². The molecule has 22 heavy (non-hydrogen) atoms. The lowest BCUT2D eigenvalue weighted by molar-refractivity contribution is 0.0711. The molecule has 0 radical (unpaired) electrons. The standard InChI is InChI=1S/C16H12N2O3S/c19-15(17-14-9-8-13(22-14)16(20)18-21)12-7-3-5-10-4-1-2-6-11(10)12/h1-9,21H,(H,17,19)(H,18,20). The third-order valence-electron chi connectivity index (χ3n) is 3.20. The number of hydroxylamine groups is 1. The molecule has 1 aromatic heterocycles. The van der Waals surface area contributed by atoms with Crippen LogP contribution in [0.1, 0.15) is 20.0 Å². The van der Waals surface area contributed by atoms with Gasteiger partial charge in [-0.2, -0.15) is 0 Å². The SMILES string of the molecule is O=C(NO)c1ccc(NC(=O)c2cccc3ccccc23)s1. The first-order chi connectivity index (χ1) is 10.7. The minimum absolute atomic E-state index is 0.241. The molecule has 3 aromatic rings. The Morgan fingerprint density at radius 3 is 2.50 bits per heavy atom. The number of carbonyl (C=O) groups excluding carboxylic acids is 2. The Labute approximate surface area is 130 Å². The molecule has 0 atom stereocenters. The Kier molecular flexibility index (Phi) is 3.86. The molecule has 0 unspecified atom stereocenters. The van der Waals surface area contributed by atoms with Crippen LogP contribution in [0.2, 0.25) is 0 Å². The van der Waals surface area contributed by atoms with Gasteiger partial charge in [-0.15, -0.1) is 11.3 Å². The molecule has 0 spiro atoms. The van der Waals surface area contributed by atoms with Gasteiger partial charge in [0.25, 0.3) is 11.8 Å². The summed E-state index contributed by atoms with van der Waals surface area (Å²) in [6.45, 7) is 0. The number of benzene rings is 2. The highest BCUT2D eigenvalue weighted by molar-refractivity contribution is 7.18. The van der Waals surface area contributed by atoms with E-state index in [4.69, 9.17) is 5.21 Å². The third kappa shape index (κ3) is 2.69. The van der Waals surface area contributed by atoms with E-state index in [2.05, 4.69) is 5.32 Å². The molecule has 0 aliphatic rings. The highest BCUT2D eigenvalue weighted by Gasteiger charge is 2.13. The van der Waals surface area contributed by atoms with Crippen molar-refractivity contribution in [2.75, 3.05) is 5.32 Å². The van der Waals surface area contributed by atoms with E-state index in [1.165, 1.54) is 6.07 Å². The van der Waals surface area contributed by atoms with Crippen LogP contribution in [-0.2, 0) is 0 Å². The number of thiophene rings is 1. The second-order valence-corrected chi connectivity index (χ2v) is 5.67. The quantitative estimate of drug-likeness (QED) is 0.513. The summed E-state index contributed by atoms with van der Waals surface area (Å²) in [5, 5.41) is 13.8. The summed E-state index contributed by atoms with van der Waals surface area (Å²) in [5.41, 5.74) is 2.13. The van der Waals surface area contributed by atoms with Crippen molar-refractivity contribution in [3.63, 3.8) is 0 Å². The van der Waals surface area contributed by atoms with Crippen LogP contribution in [0.3, 0.4) is 0 Å². The van der Waals surface area contributed by atoms with Gasteiger partial charge in [0.05, 0.1) is 9.88 Å². The molecular formula is C16H12N2O3S. The van der Waals surface area contributed by atoms with Gasteiger partial charge in [0.2, 0.25) is 0 Å². The van der Waals surface area contributed by atoms with E-state index in [0.717, 1.165) is 22.1 Å². The van der Waals surface area contributed by atoms with E-state index in [1.807, 2.05) is 36.4 Å². The number of nitrogens with one attached hydrogen (secondary N) is 2. The Morgan fingerprint density at radius 2 is 1.68 bits per heavy atom. The molecule has 0 aliphatic heterocycles. The van der Waals surface area contributed by atoms with E-state index in [0.29, 0.717) is 15.4 Å². The maximum atomic E-state index is 12.4.